The molecule has 0 amide bonds. The van der Waals surface area contributed by atoms with Crippen molar-refractivity contribution in [3.8, 4) is 0 Å². The molecule has 1 nitrogen and oxygen atoms in total. The molecule has 0 aromatic rings. The Labute approximate surface area is 151 Å². The van der Waals surface area contributed by atoms with Gasteiger partial charge in [0, 0.05) is 0 Å². The van der Waals surface area contributed by atoms with Crippen LogP contribution in [0.2, 0.25) is 0 Å². The van der Waals surface area contributed by atoms with Gasteiger partial charge in [0.1, 0.15) is 0 Å². The van der Waals surface area contributed by atoms with Crippen LogP contribution >= 0.6 is 0 Å². The zero-order valence-corrected chi connectivity index (χ0v) is 16.0. The maximum absolute atomic E-state index is 9.92. The van der Waals surface area contributed by atoms with Gasteiger partial charge in [-0.15, -0.1) is 0 Å². The fourth-order valence-corrected chi connectivity index (χ4v) is 1.68. The van der Waals surface area contributed by atoms with Crippen molar-refractivity contribution in [3.05, 3.63) is 0 Å². The minimum Gasteiger partial charge on any atom is -1.00 e. The molecule has 0 aliphatic rings. The average Bonchev–Trinajstić information content (AvgIpc) is 2.21. The number of unbranched alkanes of at least 4 members (excludes halogenated alkanes) is 10. The largest absolute Gasteiger partial charge is 4.00 e. The topological polar surface area (TPSA) is 17.1 Å². The minimum absolute atomic E-state index is 0. The second kappa shape index (κ2) is 31.0. The molecule has 0 aliphatic carbocycles. The van der Waals surface area contributed by atoms with Crippen LogP contribution in [0.25, 0.3) is 0 Å². The van der Waals surface area contributed by atoms with Crippen molar-refractivity contribution in [2.45, 2.75) is 77.6 Å². The summed E-state index contributed by atoms with van der Waals surface area (Å²) >= 11 is 0. The summed E-state index contributed by atoms with van der Waals surface area (Å²) in [6, 6.07) is 0. The van der Waals surface area contributed by atoms with E-state index in [0.29, 0.717) is 6.42 Å². The average molecular weight is 395 g/mol. The van der Waals surface area contributed by atoms with Gasteiger partial charge in [-0.25, -0.2) is 0 Å². The molecule has 0 rings (SSSR count). The van der Waals surface area contributed by atoms with Gasteiger partial charge in [-0.3, -0.25) is 6.29 Å². The van der Waals surface area contributed by atoms with Gasteiger partial charge in [0.05, 0.1) is 0 Å². The molecule has 0 bridgehead atoms. The van der Waals surface area contributed by atoms with Crippen LogP contribution in [-0.2, 0) is 31.0 Å². The van der Waals surface area contributed by atoms with E-state index < -0.39 is 0 Å². The molecular weight excluding hydrogens is 370 g/mol. The summed E-state index contributed by atoms with van der Waals surface area (Å²) in [6.45, 7) is 2.25. The van der Waals surface area contributed by atoms with Crippen molar-refractivity contribution >= 4 is 6.29 Å². The number of hydrogen-bond acceptors (Lipinski definition) is 1. The third-order valence-electron chi connectivity index (χ3n) is 2.63. The summed E-state index contributed by atoms with van der Waals surface area (Å²) in [5.41, 5.74) is 0. The summed E-state index contributed by atoms with van der Waals surface area (Å²) in [5.74, 6) is 0. The zero-order chi connectivity index (χ0) is 10.5. The van der Waals surface area contributed by atoms with E-state index in [-0.39, 0.29) is 63.4 Å². The quantitative estimate of drug-likeness (QED) is 0.255. The number of carbonyl (C=O) groups excluding carboxylic acids is 1. The van der Waals surface area contributed by atoms with Gasteiger partial charge in [-0.05, 0) is 0 Å². The Hall–Kier alpha value is 1.42. The Kier molecular flexibility index (Phi) is 54.6. The summed E-state index contributed by atoms with van der Waals surface area (Å²) in [6.07, 6.45) is 15.8. The van der Waals surface area contributed by atoms with E-state index in [9.17, 15) is 4.79 Å². The first kappa shape index (κ1) is 31.7. The van der Waals surface area contributed by atoms with Gasteiger partial charge in [-0.2, -0.15) is 6.42 Å². The van der Waals surface area contributed by atoms with E-state index in [2.05, 4.69) is 6.92 Å². The van der Waals surface area contributed by atoms with Crippen LogP contribution in [0.3, 0.4) is 0 Å². The molecule has 5 heteroatoms. The Morgan fingerprint density at radius 2 is 1.00 bits per heavy atom. The van der Waals surface area contributed by atoms with E-state index in [0.717, 1.165) is 6.42 Å². The van der Waals surface area contributed by atoms with Crippen LogP contribution in [-0.4, -0.2) is 6.29 Å². The molecule has 0 radical (unpaired) electrons. The monoisotopic (exact) mass is 392 g/mol. The molecule has 18 heavy (non-hydrogen) atoms. The normalized spacial score (nSPS) is 8.06. The smallest absolute Gasteiger partial charge is 1.00 e. The van der Waals surface area contributed by atoms with Crippen LogP contribution in [0, 0.1) is 0 Å². The maximum Gasteiger partial charge on any atom is 4.00 e. The molecule has 0 saturated carbocycles. The summed E-state index contributed by atoms with van der Waals surface area (Å²) in [7, 11) is 0. The van der Waals surface area contributed by atoms with Crippen molar-refractivity contribution in [1.82, 2.24) is 0 Å². The first-order valence-corrected chi connectivity index (χ1v) is 6.26. The predicted octanol–water partition coefficient (Wildman–Crippen LogP) is -4.58. The molecular formula is C13H25Cl3OZr. The molecule has 108 valence electrons. The Morgan fingerprint density at radius 1 is 0.667 bits per heavy atom. The fraction of sp³-hybridized carbons (Fsp3) is 0.923. The van der Waals surface area contributed by atoms with Crippen LogP contribution in [0.5, 0.6) is 0 Å². The Morgan fingerprint density at radius 3 is 1.33 bits per heavy atom. The first-order valence-electron chi connectivity index (χ1n) is 6.26. The van der Waals surface area contributed by atoms with Crippen LogP contribution in [0.4, 0.5) is 0 Å². The summed E-state index contributed by atoms with van der Waals surface area (Å²) < 4.78 is 0. The molecule has 0 N–H and O–H groups in total. The van der Waals surface area contributed by atoms with Gasteiger partial charge in [0.15, 0.2) is 0 Å². The van der Waals surface area contributed by atoms with Crippen LogP contribution in [0.1, 0.15) is 77.6 Å². The van der Waals surface area contributed by atoms with Crippen LogP contribution < -0.4 is 37.2 Å². The van der Waals surface area contributed by atoms with E-state index in [1.807, 2.05) is 6.29 Å². The molecule has 0 aromatic carbocycles. The molecule has 0 saturated heterocycles. The van der Waals surface area contributed by atoms with E-state index in [1.165, 1.54) is 57.8 Å². The fourth-order valence-electron chi connectivity index (χ4n) is 1.68. The van der Waals surface area contributed by atoms with Gasteiger partial charge in [-0.1, -0.05) is 71.1 Å². The van der Waals surface area contributed by atoms with Crippen molar-refractivity contribution in [2.24, 2.45) is 0 Å². The molecule has 0 aliphatic heterocycles. The molecule has 0 fully saturated rings. The first-order chi connectivity index (χ1) is 6.91. The number of hydrogen-bond donors (Lipinski definition) is 0. The standard InChI is InChI=1S/C13H25O.3ClH.Zr/c1-2-3-4-5-6-7-8-9-10-11-12-13-14;;;;/h2-12H2,1H3;3*1H;/q-1;;;;+4/p-3. The third kappa shape index (κ3) is 30.4. The van der Waals surface area contributed by atoms with E-state index in [4.69, 9.17) is 0 Å². The van der Waals surface area contributed by atoms with Gasteiger partial charge in [0.2, 0.25) is 0 Å². The number of rotatable bonds is 11. The van der Waals surface area contributed by atoms with Gasteiger partial charge in [0.25, 0.3) is 0 Å². The summed E-state index contributed by atoms with van der Waals surface area (Å²) in [5, 5.41) is 0. The minimum atomic E-state index is 0. The predicted molar refractivity (Wildman–Crippen MR) is 62.2 cm³/mol. The van der Waals surface area contributed by atoms with Gasteiger partial charge < -0.3 is 42.0 Å². The Balaban J connectivity index is -0.000000141. The molecule has 0 unspecified atom stereocenters. The third-order valence-corrected chi connectivity index (χ3v) is 2.63. The van der Waals surface area contributed by atoms with Gasteiger partial charge >= 0.3 is 26.2 Å². The molecule has 0 spiro atoms. The summed E-state index contributed by atoms with van der Waals surface area (Å²) in [4.78, 5) is 9.92. The zero-order valence-electron chi connectivity index (χ0n) is 11.3. The van der Waals surface area contributed by atoms with Crippen molar-refractivity contribution < 1.29 is 68.2 Å². The van der Waals surface area contributed by atoms with E-state index >= 15 is 0 Å². The molecule has 0 heterocycles. The molecule has 0 atom stereocenters. The Bertz CT molecular complexity index is 127. The second-order valence-corrected chi connectivity index (χ2v) is 4.08. The number of halogens is 3. The van der Waals surface area contributed by atoms with Crippen molar-refractivity contribution in [2.75, 3.05) is 0 Å². The van der Waals surface area contributed by atoms with E-state index in [1.54, 1.807) is 0 Å². The van der Waals surface area contributed by atoms with Crippen molar-refractivity contribution in [3.63, 3.8) is 0 Å². The maximum atomic E-state index is 9.92. The SMILES string of the molecule is CCCCCCCCCCCC[C-]=O.[Cl-].[Cl-].[Cl-].[Zr+4]. The van der Waals surface area contributed by atoms with Crippen molar-refractivity contribution in [1.29, 1.82) is 0 Å². The molecule has 0 aromatic heterocycles. The second-order valence-electron chi connectivity index (χ2n) is 4.08. The van der Waals surface area contributed by atoms with Crippen LogP contribution in [0.15, 0.2) is 0 Å².